The average molecular weight is 478 g/mol. The van der Waals surface area contributed by atoms with Gasteiger partial charge in [0.2, 0.25) is 12.1 Å². The lowest BCUT2D eigenvalue weighted by Crippen LogP contribution is -2.36. The van der Waals surface area contributed by atoms with Crippen LogP contribution >= 0.6 is 0 Å². The van der Waals surface area contributed by atoms with Gasteiger partial charge in [-0.2, -0.15) is 0 Å². The number of aromatic nitrogens is 4. The van der Waals surface area contributed by atoms with E-state index in [1.54, 1.807) is 57.8 Å². The van der Waals surface area contributed by atoms with Gasteiger partial charge in [-0.1, -0.05) is 11.8 Å². The summed E-state index contributed by atoms with van der Waals surface area (Å²) in [5.74, 6) is -2.73. The van der Waals surface area contributed by atoms with E-state index in [4.69, 9.17) is 4.74 Å². The molecular formula is C25H27N5O5. The maximum Gasteiger partial charge on any atom is 0.355 e. The number of likely N-dealkylation sites (tertiary alicyclic amines) is 1. The van der Waals surface area contributed by atoms with Crippen molar-refractivity contribution in [2.45, 2.75) is 39.8 Å². The second kappa shape index (κ2) is 9.96. The SMILES string of the molecule is CCOC(=O)c1[nH]c(C)c(C([O-])=C2C(=O)C(=O)N(CCC[n+]3cc[nH]c3)C2c2cccnc2)c1C. The number of nitrogens with one attached hydrogen (secondary N) is 2. The number of esters is 1. The first-order chi connectivity index (χ1) is 16.8. The highest BCUT2D eigenvalue weighted by atomic mass is 16.5. The number of aromatic amines is 2. The molecule has 0 radical (unpaired) electrons. The Hall–Kier alpha value is -4.21. The van der Waals surface area contributed by atoms with Gasteiger partial charge in [0.1, 0.15) is 18.1 Å². The number of carbonyl (C=O) groups excluding carboxylic acids is 3. The predicted molar refractivity (Wildman–Crippen MR) is 122 cm³/mol. The minimum atomic E-state index is -0.868. The topological polar surface area (TPSA) is 135 Å². The minimum Gasteiger partial charge on any atom is -0.872 e. The number of H-pyrrole nitrogens is 2. The summed E-state index contributed by atoms with van der Waals surface area (Å²) >= 11 is 0. The Morgan fingerprint density at radius 1 is 1.31 bits per heavy atom. The summed E-state index contributed by atoms with van der Waals surface area (Å²) in [7, 11) is 0. The fourth-order valence-corrected chi connectivity index (χ4v) is 4.50. The number of Topliss-reactive ketones (excluding diaryl/α,β-unsaturated/α-hetero) is 1. The molecule has 1 unspecified atom stereocenters. The Kier molecular flexibility index (Phi) is 6.81. The van der Waals surface area contributed by atoms with E-state index in [1.807, 2.05) is 10.8 Å². The smallest absolute Gasteiger partial charge is 0.355 e. The molecule has 0 bridgehead atoms. The van der Waals surface area contributed by atoms with Crippen molar-refractivity contribution in [3.63, 3.8) is 0 Å². The second-order valence-electron chi connectivity index (χ2n) is 8.31. The van der Waals surface area contributed by atoms with Gasteiger partial charge in [-0.15, -0.1) is 0 Å². The van der Waals surface area contributed by atoms with Crippen LogP contribution < -0.4 is 9.67 Å². The molecule has 0 aromatic carbocycles. The van der Waals surface area contributed by atoms with Crippen LogP contribution in [0.1, 0.15) is 52.3 Å². The summed E-state index contributed by atoms with van der Waals surface area (Å²) in [6.45, 7) is 6.05. The van der Waals surface area contributed by atoms with E-state index in [0.717, 1.165) is 0 Å². The van der Waals surface area contributed by atoms with Gasteiger partial charge in [-0.05, 0) is 43.5 Å². The molecule has 1 aliphatic rings. The van der Waals surface area contributed by atoms with Gasteiger partial charge in [0.05, 0.1) is 19.2 Å². The molecule has 4 heterocycles. The lowest BCUT2D eigenvalue weighted by atomic mass is 9.95. The predicted octanol–water partition coefficient (Wildman–Crippen LogP) is 1.13. The van der Waals surface area contributed by atoms with Crippen LogP contribution in [0.25, 0.3) is 5.76 Å². The van der Waals surface area contributed by atoms with Crippen molar-refractivity contribution < 1.29 is 28.8 Å². The number of pyridine rings is 1. The van der Waals surface area contributed by atoms with Crippen LogP contribution in [0.2, 0.25) is 0 Å². The largest absolute Gasteiger partial charge is 0.872 e. The van der Waals surface area contributed by atoms with Crippen LogP contribution in [-0.4, -0.2) is 50.7 Å². The number of amides is 1. The summed E-state index contributed by atoms with van der Waals surface area (Å²) in [6.07, 6.45) is 9.18. The van der Waals surface area contributed by atoms with Crippen LogP contribution in [0, 0.1) is 13.8 Å². The summed E-state index contributed by atoms with van der Waals surface area (Å²) in [4.78, 5) is 50.0. The number of carbonyl (C=O) groups is 3. The molecule has 0 saturated carbocycles. The van der Waals surface area contributed by atoms with Crippen LogP contribution in [0.3, 0.4) is 0 Å². The fraction of sp³-hybridized carbons (Fsp3) is 0.320. The van der Waals surface area contributed by atoms with E-state index in [-0.39, 0.29) is 30.0 Å². The van der Waals surface area contributed by atoms with Crippen molar-refractivity contribution in [2.75, 3.05) is 13.2 Å². The van der Waals surface area contributed by atoms with E-state index in [9.17, 15) is 19.5 Å². The van der Waals surface area contributed by atoms with Gasteiger partial charge < -0.3 is 19.7 Å². The number of hydrogen-bond donors (Lipinski definition) is 2. The van der Waals surface area contributed by atoms with Crippen LogP contribution in [-0.2, 0) is 20.9 Å². The normalized spacial score (nSPS) is 17.2. The van der Waals surface area contributed by atoms with Crippen molar-refractivity contribution in [3.05, 3.63) is 76.9 Å². The van der Waals surface area contributed by atoms with Gasteiger partial charge in [-0.25, -0.2) is 9.36 Å². The molecule has 2 N–H and O–H groups in total. The van der Waals surface area contributed by atoms with Crippen molar-refractivity contribution in [3.8, 4) is 0 Å². The van der Waals surface area contributed by atoms with E-state index >= 15 is 0 Å². The third-order valence-electron chi connectivity index (χ3n) is 6.09. The number of nitrogens with zero attached hydrogens (tertiary/aromatic N) is 3. The van der Waals surface area contributed by atoms with Gasteiger partial charge in [0, 0.05) is 36.6 Å². The fourth-order valence-electron chi connectivity index (χ4n) is 4.50. The molecule has 182 valence electrons. The zero-order valence-corrected chi connectivity index (χ0v) is 19.8. The molecule has 3 aromatic heterocycles. The number of rotatable bonds is 8. The Morgan fingerprint density at radius 3 is 2.77 bits per heavy atom. The van der Waals surface area contributed by atoms with Crippen molar-refractivity contribution in [1.29, 1.82) is 0 Å². The number of ketones is 1. The molecule has 1 fully saturated rings. The Balaban J connectivity index is 1.77. The van der Waals surface area contributed by atoms with Crippen LogP contribution in [0.4, 0.5) is 0 Å². The maximum atomic E-state index is 13.8. The third-order valence-corrected chi connectivity index (χ3v) is 6.09. The number of ether oxygens (including phenoxy) is 1. The molecule has 1 amide bonds. The molecule has 1 atom stereocenters. The molecule has 0 spiro atoms. The van der Waals surface area contributed by atoms with Gasteiger partial charge in [0.25, 0.3) is 5.91 Å². The van der Waals surface area contributed by atoms with Crippen molar-refractivity contribution >= 4 is 23.4 Å². The van der Waals surface area contributed by atoms with Crippen molar-refractivity contribution in [2.24, 2.45) is 0 Å². The quantitative estimate of drug-likeness (QED) is 0.164. The highest BCUT2D eigenvalue weighted by molar-refractivity contribution is 6.46. The Bertz CT molecular complexity index is 1280. The first kappa shape index (κ1) is 23.9. The Labute approximate surface area is 202 Å². The maximum absolute atomic E-state index is 13.8. The van der Waals surface area contributed by atoms with E-state index in [0.29, 0.717) is 29.8 Å². The molecule has 10 heteroatoms. The zero-order valence-electron chi connectivity index (χ0n) is 19.8. The molecule has 10 nitrogen and oxygen atoms in total. The zero-order chi connectivity index (χ0) is 25.1. The number of hydrogen-bond acceptors (Lipinski definition) is 6. The monoisotopic (exact) mass is 477 g/mol. The lowest BCUT2D eigenvalue weighted by molar-refractivity contribution is -0.695. The number of imidazole rings is 1. The van der Waals surface area contributed by atoms with E-state index in [1.165, 1.54) is 4.90 Å². The lowest BCUT2D eigenvalue weighted by Gasteiger charge is -2.27. The summed E-state index contributed by atoms with van der Waals surface area (Å²) < 4.78 is 7.00. The standard InChI is InChI=1S/C25H27N5O5/c1-4-35-25(34)20-15(2)18(16(3)28-20)22(31)19-21(17-7-5-8-26-13-17)30(24(33)23(19)32)11-6-10-29-12-9-27-14-29/h5,7-9,12-14,21H,4,6,10-11H2,1-3H3,(H2,28,31,32,34). The molecule has 35 heavy (non-hydrogen) atoms. The highest BCUT2D eigenvalue weighted by Crippen LogP contribution is 2.39. The van der Waals surface area contributed by atoms with Gasteiger partial charge in [0.15, 0.2) is 0 Å². The van der Waals surface area contributed by atoms with Gasteiger partial charge in [-0.3, -0.25) is 19.6 Å². The van der Waals surface area contributed by atoms with Gasteiger partial charge >= 0.3 is 5.97 Å². The summed E-state index contributed by atoms with van der Waals surface area (Å²) in [5, 5.41) is 13.8. The third kappa shape index (κ3) is 4.46. The molecule has 1 saturated heterocycles. The van der Waals surface area contributed by atoms with E-state index < -0.39 is 29.5 Å². The number of aryl methyl sites for hydroxylation is 2. The first-order valence-electron chi connectivity index (χ1n) is 11.4. The minimum absolute atomic E-state index is 0.141. The van der Waals surface area contributed by atoms with Crippen LogP contribution in [0.5, 0.6) is 0 Å². The molecular weight excluding hydrogens is 450 g/mol. The molecule has 4 rings (SSSR count). The average Bonchev–Trinajstić information content (AvgIpc) is 3.53. The molecule has 1 aliphatic heterocycles. The molecule has 3 aromatic rings. The van der Waals surface area contributed by atoms with Crippen molar-refractivity contribution in [1.82, 2.24) is 19.9 Å². The Morgan fingerprint density at radius 2 is 2.11 bits per heavy atom. The summed E-state index contributed by atoms with van der Waals surface area (Å²) in [6, 6.07) is 2.57. The highest BCUT2D eigenvalue weighted by Gasteiger charge is 2.44. The molecule has 0 aliphatic carbocycles. The first-order valence-corrected chi connectivity index (χ1v) is 11.4. The van der Waals surface area contributed by atoms with E-state index in [2.05, 4.69) is 15.0 Å². The summed E-state index contributed by atoms with van der Waals surface area (Å²) in [5.41, 5.74) is 1.59. The van der Waals surface area contributed by atoms with Crippen LogP contribution in [0.15, 0.2) is 48.8 Å². The second-order valence-corrected chi connectivity index (χ2v) is 8.31.